The van der Waals surface area contributed by atoms with E-state index in [1.165, 1.54) is 22.0 Å². The molecule has 0 spiro atoms. The van der Waals surface area contributed by atoms with Crippen LogP contribution in [0.15, 0.2) is 66.4 Å². The van der Waals surface area contributed by atoms with Crippen LogP contribution in [0.5, 0.6) is 0 Å². The van der Waals surface area contributed by atoms with Crippen LogP contribution in [-0.2, 0) is 13.0 Å². The van der Waals surface area contributed by atoms with E-state index in [0.717, 1.165) is 30.3 Å². The van der Waals surface area contributed by atoms with Crippen LogP contribution in [0.2, 0.25) is 0 Å². The monoisotopic (exact) mass is 515 g/mol. The highest BCUT2D eigenvalue weighted by atomic mass is 127. The summed E-state index contributed by atoms with van der Waals surface area (Å²) >= 11 is 0. The van der Waals surface area contributed by atoms with Crippen LogP contribution in [0.25, 0.3) is 16.7 Å². The highest BCUT2D eigenvalue weighted by Gasteiger charge is 2.05. The van der Waals surface area contributed by atoms with Crippen molar-refractivity contribution in [3.63, 3.8) is 0 Å². The summed E-state index contributed by atoms with van der Waals surface area (Å²) in [6.45, 7) is 3.58. The number of nitrogens with zero attached hydrogens (tertiary/aromatic N) is 4. The third kappa shape index (κ3) is 5.18. The van der Waals surface area contributed by atoms with Gasteiger partial charge in [-0.15, -0.1) is 24.0 Å². The first-order chi connectivity index (χ1) is 14.2. The van der Waals surface area contributed by atoms with Crippen molar-refractivity contribution >= 4 is 40.8 Å². The summed E-state index contributed by atoms with van der Waals surface area (Å²) in [6, 6.07) is 10.6. The van der Waals surface area contributed by atoms with Crippen molar-refractivity contribution in [2.75, 3.05) is 13.6 Å². The molecule has 0 amide bonds. The van der Waals surface area contributed by atoms with Crippen molar-refractivity contribution in [2.24, 2.45) is 4.99 Å². The normalized spacial score (nSPS) is 11.3. The lowest BCUT2D eigenvalue weighted by molar-refractivity contribution is 0.794. The number of hydrogen-bond acceptors (Lipinski definition) is 3. The number of benzene rings is 1. The van der Waals surface area contributed by atoms with Crippen molar-refractivity contribution in [1.29, 1.82) is 0 Å². The lowest BCUT2D eigenvalue weighted by Crippen LogP contribution is -2.37. The van der Waals surface area contributed by atoms with Crippen LogP contribution in [0.3, 0.4) is 0 Å². The minimum absolute atomic E-state index is 0. The number of guanidine groups is 1. The fourth-order valence-electron chi connectivity index (χ4n) is 3.34. The number of aryl methyl sites for hydroxylation is 1. The molecule has 156 valence electrons. The van der Waals surface area contributed by atoms with Gasteiger partial charge >= 0.3 is 0 Å². The van der Waals surface area contributed by atoms with Crippen LogP contribution in [-0.4, -0.2) is 39.1 Å². The molecule has 30 heavy (non-hydrogen) atoms. The average molecular weight is 515 g/mol. The zero-order valence-electron chi connectivity index (χ0n) is 17.1. The highest BCUT2D eigenvalue weighted by Crippen LogP contribution is 2.19. The second-order valence-corrected chi connectivity index (χ2v) is 6.96. The van der Waals surface area contributed by atoms with Crippen molar-refractivity contribution in [1.82, 2.24) is 30.2 Å². The average Bonchev–Trinajstić information content (AvgIpc) is 3.41. The van der Waals surface area contributed by atoms with Crippen molar-refractivity contribution < 1.29 is 0 Å². The van der Waals surface area contributed by atoms with Crippen molar-refractivity contribution in [3.05, 3.63) is 78.1 Å². The molecule has 4 rings (SSSR count). The number of hydrogen-bond donors (Lipinski definition) is 3. The Balaban J connectivity index is 0.00000256. The number of nitrogens with one attached hydrogen (secondary N) is 3. The molecule has 3 aromatic heterocycles. The van der Waals surface area contributed by atoms with E-state index in [1.54, 1.807) is 25.8 Å². The molecule has 0 saturated heterocycles. The first kappa shape index (κ1) is 21.8. The standard InChI is InChI=1S/C22H25N7.HI/c1-16-3-4-19-18(14-27-20(19)11-16)6-8-26-22(23-2)28-13-17-5-7-25-21(12-17)29-10-9-24-15-29;/h3-5,7,9-12,14-15,27H,6,8,13H2,1-2H3,(H2,23,26,28);1H. The molecule has 0 bridgehead atoms. The molecule has 0 aliphatic heterocycles. The molecule has 0 aliphatic carbocycles. The SMILES string of the molecule is CN=C(NCCc1c[nH]c2cc(C)ccc12)NCc1ccnc(-n2ccnc2)c1.I. The minimum Gasteiger partial charge on any atom is -0.361 e. The van der Waals surface area contributed by atoms with Gasteiger partial charge in [0.1, 0.15) is 12.1 Å². The summed E-state index contributed by atoms with van der Waals surface area (Å²) in [5.41, 5.74) is 4.88. The number of aromatic nitrogens is 4. The largest absolute Gasteiger partial charge is 0.361 e. The Bertz CT molecular complexity index is 1120. The minimum atomic E-state index is 0. The van der Waals surface area contributed by atoms with Crippen LogP contribution >= 0.6 is 24.0 Å². The summed E-state index contributed by atoms with van der Waals surface area (Å²) in [5, 5.41) is 8.03. The number of aliphatic imine (C=N–C) groups is 1. The zero-order valence-corrected chi connectivity index (χ0v) is 19.4. The predicted octanol–water partition coefficient (Wildman–Crippen LogP) is 3.58. The van der Waals surface area contributed by atoms with Gasteiger partial charge in [0.15, 0.2) is 5.96 Å². The summed E-state index contributed by atoms with van der Waals surface area (Å²) in [4.78, 5) is 16.1. The van der Waals surface area contributed by atoms with Gasteiger partial charge in [0.05, 0.1) is 0 Å². The van der Waals surface area contributed by atoms with Gasteiger partial charge in [0.2, 0.25) is 0 Å². The topological polar surface area (TPSA) is 82.9 Å². The van der Waals surface area contributed by atoms with E-state index in [9.17, 15) is 0 Å². The number of fused-ring (bicyclic) bond motifs is 1. The smallest absolute Gasteiger partial charge is 0.191 e. The van der Waals surface area contributed by atoms with Gasteiger partial charge < -0.3 is 15.6 Å². The Kier molecular flexibility index (Phi) is 7.45. The molecule has 0 radical (unpaired) electrons. The summed E-state index contributed by atoms with van der Waals surface area (Å²) in [5.74, 6) is 1.63. The second kappa shape index (κ2) is 10.2. The third-order valence-electron chi connectivity index (χ3n) is 4.87. The zero-order chi connectivity index (χ0) is 20.1. The highest BCUT2D eigenvalue weighted by molar-refractivity contribution is 14.0. The van der Waals surface area contributed by atoms with E-state index in [1.807, 2.05) is 22.9 Å². The van der Waals surface area contributed by atoms with Gasteiger partial charge in [0.25, 0.3) is 0 Å². The fraction of sp³-hybridized carbons (Fsp3) is 0.227. The van der Waals surface area contributed by atoms with Gasteiger partial charge in [-0.3, -0.25) is 9.56 Å². The molecule has 4 aromatic rings. The van der Waals surface area contributed by atoms with E-state index in [-0.39, 0.29) is 24.0 Å². The molecule has 0 unspecified atom stereocenters. The molecular formula is C22H26IN7. The quantitative estimate of drug-likeness (QED) is 0.208. The Morgan fingerprint density at radius 2 is 2.07 bits per heavy atom. The molecule has 1 aromatic carbocycles. The summed E-state index contributed by atoms with van der Waals surface area (Å²) in [6.07, 6.45) is 10.2. The molecule has 0 atom stereocenters. The van der Waals surface area contributed by atoms with Gasteiger partial charge in [-0.05, 0) is 48.2 Å². The van der Waals surface area contributed by atoms with Gasteiger partial charge in [-0.1, -0.05) is 12.1 Å². The van der Waals surface area contributed by atoms with Gasteiger partial charge in [-0.2, -0.15) is 0 Å². The summed E-state index contributed by atoms with van der Waals surface area (Å²) < 4.78 is 1.89. The van der Waals surface area contributed by atoms with E-state index in [0.29, 0.717) is 6.54 Å². The number of rotatable bonds is 6. The van der Waals surface area contributed by atoms with Crippen LogP contribution in [0, 0.1) is 6.92 Å². The van der Waals surface area contributed by atoms with Crippen LogP contribution in [0.1, 0.15) is 16.7 Å². The van der Waals surface area contributed by atoms with E-state index < -0.39 is 0 Å². The Morgan fingerprint density at radius 3 is 2.87 bits per heavy atom. The maximum absolute atomic E-state index is 4.38. The van der Waals surface area contributed by atoms with Gasteiger partial charge in [-0.25, -0.2) is 9.97 Å². The molecular weight excluding hydrogens is 489 g/mol. The predicted molar refractivity (Wildman–Crippen MR) is 132 cm³/mol. The van der Waals surface area contributed by atoms with E-state index in [2.05, 4.69) is 61.9 Å². The molecule has 3 heterocycles. The lowest BCUT2D eigenvalue weighted by atomic mass is 10.1. The van der Waals surface area contributed by atoms with Crippen molar-refractivity contribution in [3.8, 4) is 5.82 Å². The van der Waals surface area contributed by atoms with E-state index in [4.69, 9.17) is 0 Å². The molecule has 0 aliphatic rings. The van der Waals surface area contributed by atoms with Gasteiger partial charge in [0, 0.05) is 55.8 Å². The van der Waals surface area contributed by atoms with Crippen molar-refractivity contribution in [2.45, 2.75) is 19.9 Å². The first-order valence-corrected chi connectivity index (χ1v) is 9.67. The second-order valence-electron chi connectivity index (χ2n) is 6.96. The number of H-pyrrole nitrogens is 1. The van der Waals surface area contributed by atoms with Crippen LogP contribution < -0.4 is 10.6 Å². The molecule has 8 heteroatoms. The van der Waals surface area contributed by atoms with Crippen LogP contribution in [0.4, 0.5) is 0 Å². The molecule has 0 fully saturated rings. The number of halogens is 1. The fourth-order valence-corrected chi connectivity index (χ4v) is 3.34. The number of pyridine rings is 1. The maximum Gasteiger partial charge on any atom is 0.191 e. The molecule has 3 N–H and O–H groups in total. The molecule has 7 nitrogen and oxygen atoms in total. The molecule has 0 saturated carbocycles. The third-order valence-corrected chi connectivity index (χ3v) is 4.87. The maximum atomic E-state index is 4.38. The number of imidazole rings is 1. The Morgan fingerprint density at radius 1 is 1.17 bits per heavy atom. The first-order valence-electron chi connectivity index (χ1n) is 9.67. The lowest BCUT2D eigenvalue weighted by Gasteiger charge is -2.12. The Hall–Kier alpha value is -2.88. The number of aromatic amines is 1. The summed E-state index contributed by atoms with van der Waals surface area (Å²) in [7, 11) is 1.78. The van der Waals surface area contributed by atoms with E-state index >= 15 is 0 Å². The Labute approximate surface area is 193 Å².